The van der Waals surface area contributed by atoms with Crippen molar-refractivity contribution in [3.63, 3.8) is 0 Å². The van der Waals surface area contributed by atoms with Gasteiger partial charge in [-0.1, -0.05) is 12.2 Å². The molecule has 0 fully saturated rings. The zero-order valence-corrected chi connectivity index (χ0v) is 6.22. The third kappa shape index (κ3) is 43.2. The molecule has 0 rings (SSSR count). The zero-order valence-electron chi connectivity index (χ0n) is 6.22. The Hall–Kier alpha value is -0.970. The SMILES string of the molecule is C/C=C\C.CCOC#N. The highest BCUT2D eigenvalue weighted by atomic mass is 16.5. The number of allylic oxidation sites excluding steroid dienone is 2. The molecule has 0 N–H and O–H groups in total. The number of hydrogen-bond donors (Lipinski definition) is 0. The van der Waals surface area contributed by atoms with Gasteiger partial charge in [0.15, 0.2) is 0 Å². The molecule has 0 aliphatic heterocycles. The maximum absolute atomic E-state index is 7.59. The van der Waals surface area contributed by atoms with Gasteiger partial charge in [-0.25, -0.2) is 0 Å². The van der Waals surface area contributed by atoms with Crippen molar-refractivity contribution in [3.05, 3.63) is 12.2 Å². The van der Waals surface area contributed by atoms with Crippen molar-refractivity contribution in [2.24, 2.45) is 0 Å². The number of ether oxygens (including phenoxy) is 1. The fourth-order valence-electron chi connectivity index (χ4n) is 0.0645. The van der Waals surface area contributed by atoms with Crippen LogP contribution in [0.15, 0.2) is 12.2 Å². The Balaban J connectivity index is 0. The molecule has 0 aliphatic carbocycles. The summed E-state index contributed by atoms with van der Waals surface area (Å²) in [6.07, 6.45) is 5.52. The van der Waals surface area contributed by atoms with Gasteiger partial charge in [0.1, 0.15) is 0 Å². The van der Waals surface area contributed by atoms with Crippen LogP contribution in [0.25, 0.3) is 0 Å². The largest absolute Gasteiger partial charge is 0.428 e. The van der Waals surface area contributed by atoms with E-state index in [1.807, 2.05) is 26.0 Å². The molecule has 0 aromatic heterocycles. The van der Waals surface area contributed by atoms with Gasteiger partial charge in [-0.2, -0.15) is 5.26 Å². The normalized spacial score (nSPS) is 7.33. The van der Waals surface area contributed by atoms with E-state index in [0.717, 1.165) is 0 Å². The predicted octanol–water partition coefficient (Wildman–Crippen LogP) is 2.09. The molecule has 0 heterocycles. The minimum Gasteiger partial charge on any atom is -0.428 e. The smallest absolute Gasteiger partial charge is 0.286 e. The van der Waals surface area contributed by atoms with Crippen molar-refractivity contribution in [1.82, 2.24) is 0 Å². The van der Waals surface area contributed by atoms with Crippen molar-refractivity contribution >= 4 is 0 Å². The highest BCUT2D eigenvalue weighted by Gasteiger charge is 1.60. The second kappa shape index (κ2) is 15.7. The average molecular weight is 127 g/mol. The van der Waals surface area contributed by atoms with Crippen molar-refractivity contribution < 1.29 is 4.74 Å². The number of nitriles is 1. The van der Waals surface area contributed by atoms with Crippen LogP contribution in [0, 0.1) is 11.5 Å². The molecule has 0 radical (unpaired) electrons. The fourth-order valence-corrected chi connectivity index (χ4v) is 0.0645. The third-order valence-corrected chi connectivity index (χ3v) is 0.542. The standard InChI is InChI=1S/C4H8.C3H5NO/c1-3-4-2;1-2-5-3-4/h3-4H,1-2H3;2H2,1H3/b4-3-;. The van der Waals surface area contributed by atoms with Crippen LogP contribution in [0.1, 0.15) is 20.8 Å². The molecule has 0 saturated carbocycles. The van der Waals surface area contributed by atoms with Gasteiger partial charge in [0.25, 0.3) is 6.26 Å². The first-order valence-corrected chi connectivity index (χ1v) is 2.91. The Bertz CT molecular complexity index is 87.6. The topological polar surface area (TPSA) is 33.0 Å². The first kappa shape index (κ1) is 10.9. The number of rotatable bonds is 1. The Morgan fingerprint density at radius 2 is 1.89 bits per heavy atom. The summed E-state index contributed by atoms with van der Waals surface area (Å²) >= 11 is 0. The Morgan fingerprint density at radius 3 is 1.89 bits per heavy atom. The molecule has 0 spiro atoms. The summed E-state index contributed by atoms with van der Waals surface area (Å²) in [7, 11) is 0. The van der Waals surface area contributed by atoms with E-state index >= 15 is 0 Å². The van der Waals surface area contributed by atoms with E-state index in [0.29, 0.717) is 6.61 Å². The molecule has 9 heavy (non-hydrogen) atoms. The summed E-state index contributed by atoms with van der Waals surface area (Å²) < 4.78 is 4.14. The van der Waals surface area contributed by atoms with E-state index in [2.05, 4.69) is 4.74 Å². The highest BCUT2D eigenvalue weighted by molar-refractivity contribution is 4.68. The first-order valence-electron chi connectivity index (χ1n) is 2.91. The van der Waals surface area contributed by atoms with Crippen LogP contribution in [0.3, 0.4) is 0 Å². The summed E-state index contributed by atoms with van der Waals surface area (Å²) in [5, 5.41) is 7.59. The van der Waals surface area contributed by atoms with E-state index < -0.39 is 0 Å². The summed E-state index contributed by atoms with van der Waals surface area (Å²) in [6, 6.07) is 0. The minimum absolute atomic E-state index is 0.483. The Kier molecular flexibility index (Phi) is 19.1. The molecule has 0 aromatic carbocycles. The maximum atomic E-state index is 7.59. The molecule has 2 heteroatoms. The highest BCUT2D eigenvalue weighted by Crippen LogP contribution is 1.58. The molecule has 0 amide bonds. The van der Waals surface area contributed by atoms with Crippen LogP contribution in [-0.2, 0) is 4.74 Å². The van der Waals surface area contributed by atoms with Gasteiger partial charge in [0.2, 0.25) is 0 Å². The first-order chi connectivity index (χ1) is 4.33. The van der Waals surface area contributed by atoms with E-state index in [1.165, 1.54) is 6.26 Å². The van der Waals surface area contributed by atoms with Crippen LogP contribution in [0.5, 0.6) is 0 Å². The van der Waals surface area contributed by atoms with Gasteiger partial charge in [0, 0.05) is 0 Å². The molecule has 0 aromatic rings. The second-order valence-electron chi connectivity index (χ2n) is 1.19. The van der Waals surface area contributed by atoms with Crippen molar-refractivity contribution in [1.29, 1.82) is 5.26 Å². The van der Waals surface area contributed by atoms with Crippen LogP contribution < -0.4 is 0 Å². The van der Waals surface area contributed by atoms with Gasteiger partial charge in [-0.15, -0.1) is 0 Å². The summed E-state index contributed by atoms with van der Waals surface area (Å²) in [6.45, 7) is 6.25. The summed E-state index contributed by atoms with van der Waals surface area (Å²) in [4.78, 5) is 0. The molecular formula is C7H13NO. The average Bonchev–Trinajstić information content (AvgIpc) is 1.91. The monoisotopic (exact) mass is 127 g/mol. The van der Waals surface area contributed by atoms with Crippen LogP contribution >= 0.6 is 0 Å². The summed E-state index contributed by atoms with van der Waals surface area (Å²) in [5.74, 6) is 0. The lowest BCUT2D eigenvalue weighted by atomic mass is 10.6. The lowest BCUT2D eigenvalue weighted by molar-refractivity contribution is 0.291. The Labute approximate surface area is 56.8 Å². The molecule has 0 saturated heterocycles. The fraction of sp³-hybridized carbons (Fsp3) is 0.571. The predicted molar refractivity (Wildman–Crippen MR) is 37.7 cm³/mol. The lowest BCUT2D eigenvalue weighted by Crippen LogP contribution is -1.73. The molecule has 52 valence electrons. The molecule has 0 atom stereocenters. The zero-order chi connectivity index (χ0) is 7.54. The van der Waals surface area contributed by atoms with E-state index in [1.54, 1.807) is 6.92 Å². The van der Waals surface area contributed by atoms with Gasteiger partial charge in [0.05, 0.1) is 6.61 Å². The molecule has 2 nitrogen and oxygen atoms in total. The van der Waals surface area contributed by atoms with E-state index in [9.17, 15) is 0 Å². The van der Waals surface area contributed by atoms with Crippen LogP contribution in [0.4, 0.5) is 0 Å². The van der Waals surface area contributed by atoms with Crippen molar-refractivity contribution in [2.75, 3.05) is 6.61 Å². The third-order valence-electron chi connectivity index (χ3n) is 0.542. The van der Waals surface area contributed by atoms with E-state index in [4.69, 9.17) is 5.26 Å². The minimum atomic E-state index is 0.483. The van der Waals surface area contributed by atoms with Crippen LogP contribution in [-0.4, -0.2) is 6.61 Å². The van der Waals surface area contributed by atoms with Gasteiger partial charge in [-0.05, 0) is 20.8 Å². The quantitative estimate of drug-likeness (QED) is 0.399. The lowest BCUT2D eigenvalue weighted by Gasteiger charge is -1.76. The summed E-state index contributed by atoms with van der Waals surface area (Å²) in [5.41, 5.74) is 0. The number of hydrogen-bond acceptors (Lipinski definition) is 2. The molecule has 0 bridgehead atoms. The van der Waals surface area contributed by atoms with Crippen molar-refractivity contribution in [3.8, 4) is 6.26 Å². The Morgan fingerprint density at radius 1 is 1.44 bits per heavy atom. The molecule has 0 aliphatic rings. The van der Waals surface area contributed by atoms with Gasteiger partial charge < -0.3 is 4.74 Å². The van der Waals surface area contributed by atoms with Gasteiger partial charge >= 0.3 is 0 Å². The molecule has 0 unspecified atom stereocenters. The number of nitrogens with zero attached hydrogens (tertiary/aromatic N) is 1. The van der Waals surface area contributed by atoms with E-state index in [-0.39, 0.29) is 0 Å². The van der Waals surface area contributed by atoms with Crippen molar-refractivity contribution in [2.45, 2.75) is 20.8 Å². The molecular weight excluding hydrogens is 114 g/mol. The second-order valence-corrected chi connectivity index (χ2v) is 1.19. The van der Waals surface area contributed by atoms with Gasteiger partial charge in [-0.3, -0.25) is 0 Å². The maximum Gasteiger partial charge on any atom is 0.286 e. The van der Waals surface area contributed by atoms with Crippen LogP contribution in [0.2, 0.25) is 0 Å².